The van der Waals surface area contributed by atoms with E-state index in [1.165, 1.54) is 12.5 Å². The molecule has 0 heterocycles. The third-order valence-electron chi connectivity index (χ3n) is 3.24. The molecule has 0 bridgehead atoms. The van der Waals surface area contributed by atoms with E-state index in [9.17, 15) is 4.39 Å². The van der Waals surface area contributed by atoms with E-state index >= 15 is 0 Å². The fraction of sp³-hybridized carbons (Fsp3) is 0.500. The van der Waals surface area contributed by atoms with E-state index in [4.69, 9.17) is 11.6 Å². The molecule has 0 amide bonds. The van der Waals surface area contributed by atoms with Gasteiger partial charge in [0.25, 0.3) is 0 Å². The summed E-state index contributed by atoms with van der Waals surface area (Å²) in [4.78, 5) is 0. The topological polar surface area (TPSA) is 12.0 Å². The smallest absolute Gasteiger partial charge is 0.128 e. The number of nitrogens with one attached hydrogen (secondary N) is 1. The van der Waals surface area contributed by atoms with Gasteiger partial charge in [-0.15, -0.1) is 11.6 Å². The average Bonchev–Trinajstić information content (AvgIpc) is 2.19. The standard InChI is InChI=1S/C12H14BrClFN/c13-10-3-2-9(11(15)6-10)7-16-12(8-14)4-1-5-12/h2-3,6,16H,1,4-5,7-8H2. The van der Waals surface area contributed by atoms with Crippen molar-refractivity contribution >= 4 is 27.5 Å². The summed E-state index contributed by atoms with van der Waals surface area (Å²) in [7, 11) is 0. The molecule has 0 spiro atoms. The van der Waals surface area contributed by atoms with Crippen molar-refractivity contribution in [3.05, 3.63) is 34.1 Å². The molecule has 0 aromatic heterocycles. The summed E-state index contributed by atoms with van der Waals surface area (Å²) in [5, 5.41) is 3.37. The van der Waals surface area contributed by atoms with Crippen LogP contribution in [0.1, 0.15) is 24.8 Å². The van der Waals surface area contributed by atoms with Crippen LogP contribution in [0.5, 0.6) is 0 Å². The zero-order valence-electron chi connectivity index (χ0n) is 8.90. The lowest BCUT2D eigenvalue weighted by Crippen LogP contribution is -2.52. The van der Waals surface area contributed by atoms with Crippen LogP contribution in [0, 0.1) is 5.82 Å². The predicted molar refractivity (Wildman–Crippen MR) is 68.2 cm³/mol. The zero-order chi connectivity index (χ0) is 11.6. The van der Waals surface area contributed by atoms with Crippen LogP contribution in [0.15, 0.2) is 22.7 Å². The van der Waals surface area contributed by atoms with Crippen LogP contribution < -0.4 is 5.32 Å². The Morgan fingerprint density at radius 2 is 2.19 bits per heavy atom. The van der Waals surface area contributed by atoms with Crippen LogP contribution in [0.4, 0.5) is 4.39 Å². The summed E-state index contributed by atoms with van der Waals surface area (Å²) in [5.41, 5.74) is 0.737. The second-order valence-electron chi connectivity index (χ2n) is 4.36. The number of hydrogen-bond acceptors (Lipinski definition) is 1. The third-order valence-corrected chi connectivity index (χ3v) is 4.24. The molecule has 1 nitrogen and oxygen atoms in total. The minimum absolute atomic E-state index is 0.0427. The molecular weight excluding hydrogens is 292 g/mol. The van der Waals surface area contributed by atoms with Crippen LogP contribution >= 0.6 is 27.5 Å². The van der Waals surface area contributed by atoms with E-state index in [2.05, 4.69) is 21.2 Å². The van der Waals surface area contributed by atoms with Gasteiger partial charge in [-0.05, 0) is 31.4 Å². The Balaban J connectivity index is 1.99. The maximum absolute atomic E-state index is 13.5. The summed E-state index contributed by atoms with van der Waals surface area (Å²) < 4.78 is 14.3. The van der Waals surface area contributed by atoms with Gasteiger partial charge in [0.05, 0.1) is 0 Å². The molecule has 0 aliphatic heterocycles. The highest BCUT2D eigenvalue weighted by atomic mass is 79.9. The van der Waals surface area contributed by atoms with Gasteiger partial charge in [0, 0.05) is 28.0 Å². The molecule has 2 rings (SSSR count). The molecule has 1 aliphatic carbocycles. The average molecular weight is 307 g/mol. The fourth-order valence-electron chi connectivity index (χ4n) is 1.91. The number of hydrogen-bond donors (Lipinski definition) is 1. The van der Waals surface area contributed by atoms with Gasteiger partial charge in [0.1, 0.15) is 5.82 Å². The van der Waals surface area contributed by atoms with Crippen molar-refractivity contribution in [1.82, 2.24) is 5.32 Å². The van der Waals surface area contributed by atoms with Crippen LogP contribution in [0.3, 0.4) is 0 Å². The van der Waals surface area contributed by atoms with Crippen molar-refractivity contribution in [3.63, 3.8) is 0 Å². The van der Waals surface area contributed by atoms with E-state index in [1.54, 1.807) is 6.07 Å². The molecule has 4 heteroatoms. The molecular formula is C12H14BrClFN. The van der Waals surface area contributed by atoms with Gasteiger partial charge in [-0.2, -0.15) is 0 Å². The van der Waals surface area contributed by atoms with Gasteiger partial charge in [0.2, 0.25) is 0 Å². The molecule has 88 valence electrons. The Hall–Kier alpha value is -0.120. The van der Waals surface area contributed by atoms with E-state index < -0.39 is 0 Å². The molecule has 16 heavy (non-hydrogen) atoms. The molecule has 0 radical (unpaired) electrons. The number of rotatable bonds is 4. The van der Waals surface area contributed by atoms with Gasteiger partial charge >= 0.3 is 0 Å². The Morgan fingerprint density at radius 3 is 2.69 bits per heavy atom. The monoisotopic (exact) mass is 305 g/mol. The SMILES string of the molecule is Fc1cc(Br)ccc1CNC1(CCl)CCC1. The zero-order valence-corrected chi connectivity index (χ0v) is 11.2. The van der Waals surface area contributed by atoms with Crippen molar-refractivity contribution in [2.75, 3.05) is 5.88 Å². The summed E-state index contributed by atoms with van der Waals surface area (Å²) in [5.74, 6) is 0.427. The van der Waals surface area contributed by atoms with Crippen LogP contribution in [0.2, 0.25) is 0 Å². The summed E-state index contributed by atoms with van der Waals surface area (Å²) in [6.07, 6.45) is 3.39. The highest BCUT2D eigenvalue weighted by Crippen LogP contribution is 2.33. The third kappa shape index (κ3) is 2.58. The summed E-state index contributed by atoms with van der Waals surface area (Å²) >= 11 is 9.17. The fourth-order valence-corrected chi connectivity index (χ4v) is 2.60. The lowest BCUT2D eigenvalue weighted by Gasteiger charge is -2.41. The first-order valence-electron chi connectivity index (χ1n) is 5.40. The Labute approximate surface area is 109 Å². The van der Waals surface area contributed by atoms with Gasteiger partial charge in [-0.1, -0.05) is 22.0 Å². The minimum Gasteiger partial charge on any atom is -0.306 e. The van der Waals surface area contributed by atoms with Crippen LogP contribution in [-0.4, -0.2) is 11.4 Å². The predicted octanol–water partition coefficient (Wildman–Crippen LogP) is 3.84. The molecule has 0 unspecified atom stereocenters. The van der Waals surface area contributed by atoms with Crippen molar-refractivity contribution < 1.29 is 4.39 Å². The summed E-state index contributed by atoms with van der Waals surface area (Å²) in [6.45, 7) is 0.547. The van der Waals surface area contributed by atoms with Crippen molar-refractivity contribution in [1.29, 1.82) is 0 Å². The second kappa shape index (κ2) is 5.03. The molecule has 1 N–H and O–H groups in total. The highest BCUT2D eigenvalue weighted by Gasteiger charge is 2.35. The van der Waals surface area contributed by atoms with E-state index in [1.807, 2.05) is 6.07 Å². The first kappa shape index (κ1) is 12.3. The summed E-state index contributed by atoms with van der Waals surface area (Å²) in [6, 6.07) is 5.15. The maximum Gasteiger partial charge on any atom is 0.128 e. The Bertz CT molecular complexity index is 374. The van der Waals surface area contributed by atoms with Gasteiger partial charge in [0.15, 0.2) is 0 Å². The first-order valence-corrected chi connectivity index (χ1v) is 6.73. The maximum atomic E-state index is 13.5. The van der Waals surface area contributed by atoms with Crippen molar-refractivity contribution in [2.45, 2.75) is 31.3 Å². The van der Waals surface area contributed by atoms with Crippen molar-refractivity contribution in [3.8, 4) is 0 Å². The van der Waals surface area contributed by atoms with E-state index in [-0.39, 0.29) is 11.4 Å². The lowest BCUT2D eigenvalue weighted by atomic mass is 9.78. The molecule has 0 atom stereocenters. The molecule has 1 aliphatic rings. The highest BCUT2D eigenvalue weighted by molar-refractivity contribution is 9.10. The Morgan fingerprint density at radius 1 is 1.44 bits per heavy atom. The molecule has 1 aromatic rings. The van der Waals surface area contributed by atoms with Crippen LogP contribution in [-0.2, 0) is 6.54 Å². The molecule has 0 saturated heterocycles. The molecule has 1 aromatic carbocycles. The molecule has 1 fully saturated rings. The number of halogens is 3. The first-order chi connectivity index (χ1) is 7.65. The normalized spacial score (nSPS) is 18.2. The van der Waals surface area contributed by atoms with E-state index in [0.29, 0.717) is 18.0 Å². The van der Waals surface area contributed by atoms with Crippen LogP contribution in [0.25, 0.3) is 0 Å². The quantitative estimate of drug-likeness (QED) is 0.834. The van der Waals surface area contributed by atoms with Gasteiger partial charge < -0.3 is 5.32 Å². The minimum atomic E-state index is -0.175. The number of alkyl halides is 1. The largest absolute Gasteiger partial charge is 0.306 e. The lowest BCUT2D eigenvalue weighted by molar-refractivity contribution is 0.210. The van der Waals surface area contributed by atoms with Crippen molar-refractivity contribution in [2.24, 2.45) is 0 Å². The van der Waals surface area contributed by atoms with E-state index in [0.717, 1.165) is 17.3 Å². The molecule has 1 saturated carbocycles. The Kier molecular flexibility index (Phi) is 3.88. The van der Waals surface area contributed by atoms with Gasteiger partial charge in [-0.25, -0.2) is 4.39 Å². The second-order valence-corrected chi connectivity index (χ2v) is 5.54. The number of benzene rings is 1. The van der Waals surface area contributed by atoms with Gasteiger partial charge in [-0.3, -0.25) is 0 Å².